The van der Waals surface area contributed by atoms with Gasteiger partial charge in [-0.2, -0.15) is 0 Å². The molecule has 0 fully saturated rings. The molecule has 3 heteroatoms. The Kier molecular flexibility index (Phi) is 4.10. The number of ketones is 1. The number of nitrogens with two attached hydrogens (primary N) is 1. The zero-order chi connectivity index (χ0) is 12.8. The topological polar surface area (TPSA) is 56.2 Å². The average molecular weight is 241 g/mol. The van der Waals surface area contributed by atoms with Gasteiger partial charge >= 0.3 is 0 Å². The van der Waals surface area contributed by atoms with E-state index in [2.05, 4.69) is 0 Å². The van der Waals surface area contributed by atoms with Crippen LogP contribution in [-0.4, -0.2) is 12.3 Å². The second-order valence-corrected chi connectivity index (χ2v) is 3.91. The van der Waals surface area contributed by atoms with Crippen molar-refractivity contribution in [3.05, 3.63) is 65.6 Å². The summed E-state index contributed by atoms with van der Waals surface area (Å²) in [4.78, 5) is 11.8. The number of benzene rings is 1. The Hall–Kier alpha value is -2.13. The quantitative estimate of drug-likeness (QED) is 0.646. The van der Waals surface area contributed by atoms with Gasteiger partial charge in [-0.3, -0.25) is 4.79 Å². The summed E-state index contributed by atoms with van der Waals surface area (Å²) in [6.45, 7) is 0.555. The molecule has 2 aromatic rings. The minimum Gasteiger partial charge on any atom is -0.462 e. The molecule has 0 aliphatic rings. The van der Waals surface area contributed by atoms with Crippen LogP contribution in [0.25, 0.3) is 6.08 Å². The molecular formula is C15H15NO2. The summed E-state index contributed by atoms with van der Waals surface area (Å²) in [7, 11) is 0. The highest BCUT2D eigenvalue weighted by molar-refractivity contribution is 6.06. The molecule has 3 nitrogen and oxygen atoms in total. The minimum atomic E-state index is -0.0348. The van der Waals surface area contributed by atoms with Crippen LogP contribution in [0.1, 0.15) is 21.9 Å². The summed E-state index contributed by atoms with van der Waals surface area (Å²) < 4.78 is 5.49. The number of carbonyl (C=O) groups excluding carboxylic acids is 1. The first-order valence-electron chi connectivity index (χ1n) is 5.86. The number of hydrogen-bond donors (Lipinski definition) is 1. The predicted octanol–water partition coefficient (Wildman–Crippen LogP) is 2.68. The van der Waals surface area contributed by atoms with Crippen LogP contribution in [0.15, 0.2) is 53.0 Å². The molecule has 0 atom stereocenters. The van der Waals surface area contributed by atoms with E-state index in [0.29, 0.717) is 24.3 Å². The van der Waals surface area contributed by atoms with E-state index in [0.717, 1.165) is 5.76 Å². The van der Waals surface area contributed by atoms with Crippen LogP contribution >= 0.6 is 0 Å². The molecule has 0 radical (unpaired) electrons. The third-order valence-corrected chi connectivity index (χ3v) is 2.53. The summed E-state index contributed by atoms with van der Waals surface area (Å²) in [6, 6.07) is 12.8. The molecule has 18 heavy (non-hydrogen) atoms. The monoisotopic (exact) mass is 241 g/mol. The van der Waals surface area contributed by atoms with Gasteiger partial charge in [0.15, 0.2) is 5.78 Å². The van der Waals surface area contributed by atoms with E-state index >= 15 is 0 Å². The van der Waals surface area contributed by atoms with Crippen molar-refractivity contribution in [1.29, 1.82) is 0 Å². The Bertz CT molecular complexity index is 541. The Morgan fingerprint density at radius 2 is 1.94 bits per heavy atom. The first-order valence-corrected chi connectivity index (χ1v) is 5.86. The van der Waals surface area contributed by atoms with Gasteiger partial charge < -0.3 is 10.2 Å². The van der Waals surface area contributed by atoms with Gasteiger partial charge in [-0.25, -0.2) is 0 Å². The highest BCUT2D eigenvalue weighted by atomic mass is 16.3. The van der Waals surface area contributed by atoms with Crippen LogP contribution in [0.4, 0.5) is 0 Å². The predicted molar refractivity (Wildman–Crippen MR) is 71.3 cm³/mol. The smallest absolute Gasteiger partial charge is 0.185 e. The van der Waals surface area contributed by atoms with E-state index in [1.165, 1.54) is 6.08 Å². The molecule has 1 aromatic heterocycles. The third kappa shape index (κ3) is 3.18. The summed E-state index contributed by atoms with van der Waals surface area (Å²) in [5.74, 6) is 1.47. The highest BCUT2D eigenvalue weighted by Crippen LogP contribution is 2.11. The molecule has 1 aromatic carbocycles. The molecule has 0 saturated carbocycles. The van der Waals surface area contributed by atoms with Crippen LogP contribution in [0, 0.1) is 0 Å². The normalized spacial score (nSPS) is 10.9. The lowest BCUT2D eigenvalue weighted by atomic mass is 10.1. The molecule has 0 aliphatic heterocycles. The van der Waals surface area contributed by atoms with Crippen molar-refractivity contribution >= 4 is 11.9 Å². The van der Waals surface area contributed by atoms with Gasteiger partial charge in [-0.05, 0) is 30.8 Å². The molecule has 0 unspecified atom stereocenters. The fraction of sp³-hybridized carbons (Fsp3) is 0.133. The molecule has 0 aliphatic carbocycles. The van der Waals surface area contributed by atoms with E-state index in [1.54, 1.807) is 18.2 Å². The zero-order valence-electron chi connectivity index (χ0n) is 10.0. The minimum absolute atomic E-state index is 0.0348. The van der Waals surface area contributed by atoms with Crippen molar-refractivity contribution in [2.45, 2.75) is 6.42 Å². The fourth-order valence-corrected chi connectivity index (χ4v) is 1.62. The summed E-state index contributed by atoms with van der Waals surface area (Å²) in [5.41, 5.74) is 6.10. The van der Waals surface area contributed by atoms with Crippen molar-refractivity contribution in [3.63, 3.8) is 0 Å². The molecule has 92 valence electrons. The van der Waals surface area contributed by atoms with E-state index in [4.69, 9.17) is 10.2 Å². The van der Waals surface area contributed by atoms with Gasteiger partial charge in [-0.1, -0.05) is 30.3 Å². The van der Waals surface area contributed by atoms with Gasteiger partial charge in [0.2, 0.25) is 0 Å². The summed E-state index contributed by atoms with van der Waals surface area (Å²) in [5, 5.41) is 0. The fourth-order valence-electron chi connectivity index (χ4n) is 1.62. The Morgan fingerprint density at radius 1 is 1.17 bits per heavy atom. The number of carbonyl (C=O) groups is 1. The molecule has 2 N–H and O–H groups in total. The Labute approximate surface area is 106 Å². The lowest BCUT2D eigenvalue weighted by molar-refractivity contribution is 0.104. The van der Waals surface area contributed by atoms with Crippen molar-refractivity contribution < 1.29 is 9.21 Å². The Balaban J connectivity index is 2.04. The maximum Gasteiger partial charge on any atom is 0.185 e. The molecule has 0 saturated heterocycles. The maximum atomic E-state index is 11.8. The largest absolute Gasteiger partial charge is 0.462 e. The summed E-state index contributed by atoms with van der Waals surface area (Å²) >= 11 is 0. The molecule has 0 bridgehead atoms. The van der Waals surface area contributed by atoms with E-state index in [1.807, 2.05) is 30.3 Å². The maximum absolute atomic E-state index is 11.8. The van der Waals surface area contributed by atoms with Crippen molar-refractivity contribution in [3.8, 4) is 0 Å². The van der Waals surface area contributed by atoms with Crippen LogP contribution in [-0.2, 0) is 6.42 Å². The SMILES string of the molecule is NCCc1ccc(/C=C/C(=O)c2ccccc2)o1. The van der Waals surface area contributed by atoms with E-state index in [9.17, 15) is 4.79 Å². The second kappa shape index (κ2) is 5.98. The number of rotatable bonds is 5. The molecule has 2 rings (SSSR count). The molecule has 0 amide bonds. The molecule has 0 spiro atoms. The second-order valence-electron chi connectivity index (χ2n) is 3.91. The van der Waals surface area contributed by atoms with Crippen LogP contribution in [0.3, 0.4) is 0 Å². The lowest BCUT2D eigenvalue weighted by Crippen LogP contribution is -2.01. The Morgan fingerprint density at radius 3 is 2.67 bits per heavy atom. The van der Waals surface area contributed by atoms with Crippen LogP contribution in [0.5, 0.6) is 0 Å². The van der Waals surface area contributed by atoms with Crippen molar-refractivity contribution in [2.24, 2.45) is 5.73 Å². The third-order valence-electron chi connectivity index (χ3n) is 2.53. The summed E-state index contributed by atoms with van der Waals surface area (Å²) in [6.07, 6.45) is 3.90. The number of allylic oxidation sites excluding steroid dienone is 1. The van der Waals surface area contributed by atoms with Gasteiger partial charge in [0.1, 0.15) is 11.5 Å². The standard InChI is InChI=1S/C15H15NO2/c16-11-10-14-7-6-13(18-14)8-9-15(17)12-4-2-1-3-5-12/h1-9H,10-11,16H2/b9-8+. The first kappa shape index (κ1) is 12.3. The zero-order valence-corrected chi connectivity index (χ0v) is 10.0. The van der Waals surface area contributed by atoms with E-state index in [-0.39, 0.29) is 5.78 Å². The molecular weight excluding hydrogens is 226 g/mol. The van der Waals surface area contributed by atoms with Crippen LogP contribution in [0.2, 0.25) is 0 Å². The lowest BCUT2D eigenvalue weighted by Gasteiger charge is -1.93. The van der Waals surface area contributed by atoms with Crippen molar-refractivity contribution in [2.75, 3.05) is 6.54 Å². The van der Waals surface area contributed by atoms with Gasteiger partial charge in [0.05, 0.1) is 0 Å². The number of hydrogen-bond acceptors (Lipinski definition) is 3. The number of furan rings is 1. The first-order chi connectivity index (χ1) is 8.79. The van der Waals surface area contributed by atoms with E-state index < -0.39 is 0 Å². The van der Waals surface area contributed by atoms with Gasteiger partial charge in [-0.15, -0.1) is 0 Å². The van der Waals surface area contributed by atoms with Gasteiger partial charge in [0.25, 0.3) is 0 Å². The van der Waals surface area contributed by atoms with Crippen molar-refractivity contribution in [1.82, 2.24) is 0 Å². The average Bonchev–Trinajstić information content (AvgIpc) is 2.85. The van der Waals surface area contributed by atoms with Crippen LogP contribution < -0.4 is 5.73 Å². The molecule has 1 heterocycles. The highest BCUT2D eigenvalue weighted by Gasteiger charge is 2.01. The van der Waals surface area contributed by atoms with Gasteiger partial charge in [0, 0.05) is 12.0 Å².